The molecule has 0 aliphatic rings. The second-order valence-corrected chi connectivity index (χ2v) is 3.54. The van der Waals surface area contributed by atoms with Crippen molar-refractivity contribution in [1.29, 1.82) is 0 Å². The van der Waals surface area contributed by atoms with Crippen molar-refractivity contribution in [3.8, 4) is 11.5 Å². The fourth-order valence-electron chi connectivity index (χ4n) is 1.47. The summed E-state index contributed by atoms with van der Waals surface area (Å²) in [5.41, 5.74) is 6.11. The average Bonchev–Trinajstić information content (AvgIpc) is 2.27. The number of rotatable bonds is 5. The Labute approximate surface area is 114 Å². The highest BCUT2D eigenvalue weighted by molar-refractivity contribution is 5.85. The normalized spacial score (nSPS) is 12.5. The van der Waals surface area contributed by atoms with Crippen LogP contribution in [0.2, 0.25) is 0 Å². The van der Waals surface area contributed by atoms with Gasteiger partial charge >= 0.3 is 6.36 Å². The van der Waals surface area contributed by atoms with Crippen LogP contribution >= 0.6 is 12.4 Å². The standard InChI is InChI=1S/C11H13F4NO2.ClH/c1-17-10-6-7(18-11(13,14)15)2-3-8(10)9(16)4-5-12;/h2-3,6,9H,4-5,16H2,1H3;1H/t9-;/m0./s1. The number of alkyl halides is 4. The molecule has 8 heteroatoms. The maximum absolute atomic E-state index is 12.2. The van der Waals surface area contributed by atoms with Crippen LogP contribution in [0, 0.1) is 0 Å². The lowest BCUT2D eigenvalue weighted by atomic mass is 10.0. The zero-order valence-corrected chi connectivity index (χ0v) is 10.9. The molecule has 1 rings (SSSR count). The summed E-state index contributed by atoms with van der Waals surface area (Å²) in [5, 5.41) is 0. The molecule has 2 N–H and O–H groups in total. The Kier molecular flexibility index (Phi) is 6.93. The molecule has 0 amide bonds. The summed E-state index contributed by atoms with van der Waals surface area (Å²) in [7, 11) is 1.29. The van der Waals surface area contributed by atoms with Crippen molar-refractivity contribution in [3.63, 3.8) is 0 Å². The maximum Gasteiger partial charge on any atom is 0.573 e. The third kappa shape index (κ3) is 5.52. The van der Waals surface area contributed by atoms with Crippen LogP contribution in [-0.2, 0) is 0 Å². The highest BCUT2D eigenvalue weighted by atomic mass is 35.5. The van der Waals surface area contributed by atoms with Gasteiger partial charge in [-0.1, -0.05) is 6.07 Å². The minimum Gasteiger partial charge on any atom is -0.496 e. The molecule has 3 nitrogen and oxygen atoms in total. The molecule has 0 spiro atoms. The van der Waals surface area contributed by atoms with Crippen molar-refractivity contribution in [2.45, 2.75) is 18.8 Å². The summed E-state index contributed by atoms with van der Waals surface area (Å²) in [6, 6.07) is 2.88. The van der Waals surface area contributed by atoms with Gasteiger partial charge in [0.1, 0.15) is 11.5 Å². The van der Waals surface area contributed by atoms with E-state index in [9.17, 15) is 17.6 Å². The monoisotopic (exact) mass is 303 g/mol. The number of hydrogen-bond donors (Lipinski definition) is 1. The van der Waals surface area contributed by atoms with Crippen LogP contribution < -0.4 is 15.2 Å². The molecule has 1 atom stereocenters. The Morgan fingerprint density at radius 3 is 2.42 bits per heavy atom. The SMILES string of the molecule is COc1cc(OC(F)(F)F)ccc1[C@@H](N)CCF.Cl. The summed E-state index contributed by atoms with van der Waals surface area (Å²) >= 11 is 0. The molecular weight excluding hydrogens is 290 g/mol. The van der Waals surface area contributed by atoms with Crippen molar-refractivity contribution in [2.75, 3.05) is 13.8 Å². The summed E-state index contributed by atoms with van der Waals surface area (Å²) in [6.07, 6.45) is -4.70. The van der Waals surface area contributed by atoms with Gasteiger partial charge in [-0.25, -0.2) is 0 Å². The number of nitrogens with two attached hydrogens (primary N) is 1. The second kappa shape index (κ2) is 7.40. The van der Waals surface area contributed by atoms with Crippen molar-refractivity contribution >= 4 is 12.4 Å². The highest BCUT2D eigenvalue weighted by Crippen LogP contribution is 2.32. The minimum absolute atomic E-state index is 0. The number of methoxy groups -OCH3 is 1. The van der Waals surface area contributed by atoms with E-state index < -0.39 is 24.8 Å². The summed E-state index contributed by atoms with van der Waals surface area (Å²) < 4.78 is 56.9. The minimum atomic E-state index is -4.77. The van der Waals surface area contributed by atoms with Gasteiger partial charge in [-0.2, -0.15) is 0 Å². The van der Waals surface area contributed by atoms with Gasteiger partial charge in [-0.05, 0) is 12.5 Å². The molecule has 0 saturated heterocycles. The lowest BCUT2D eigenvalue weighted by Crippen LogP contribution is -2.17. The van der Waals surface area contributed by atoms with Crippen LogP contribution in [0.15, 0.2) is 18.2 Å². The molecular formula is C11H14ClF4NO2. The van der Waals surface area contributed by atoms with Crippen LogP contribution in [0.25, 0.3) is 0 Å². The molecule has 110 valence electrons. The number of benzene rings is 1. The van der Waals surface area contributed by atoms with E-state index in [0.29, 0.717) is 5.56 Å². The van der Waals surface area contributed by atoms with Gasteiger partial charge in [0.25, 0.3) is 0 Å². The quantitative estimate of drug-likeness (QED) is 0.848. The van der Waals surface area contributed by atoms with Crippen LogP contribution in [0.1, 0.15) is 18.0 Å². The zero-order valence-electron chi connectivity index (χ0n) is 10.0. The number of ether oxygens (including phenoxy) is 2. The van der Waals surface area contributed by atoms with Crippen LogP contribution in [0.4, 0.5) is 17.6 Å². The lowest BCUT2D eigenvalue weighted by molar-refractivity contribution is -0.274. The second-order valence-electron chi connectivity index (χ2n) is 3.54. The fraction of sp³-hybridized carbons (Fsp3) is 0.455. The number of hydrogen-bond acceptors (Lipinski definition) is 3. The van der Waals surface area contributed by atoms with Crippen molar-refractivity contribution < 1.29 is 27.0 Å². The third-order valence-corrected chi connectivity index (χ3v) is 2.26. The van der Waals surface area contributed by atoms with E-state index in [1.807, 2.05) is 0 Å². The van der Waals surface area contributed by atoms with E-state index in [4.69, 9.17) is 10.5 Å². The first-order chi connectivity index (χ1) is 8.37. The fourth-order valence-corrected chi connectivity index (χ4v) is 1.47. The molecule has 0 aliphatic carbocycles. The Morgan fingerprint density at radius 1 is 1.32 bits per heavy atom. The van der Waals surface area contributed by atoms with E-state index in [-0.39, 0.29) is 24.6 Å². The Morgan fingerprint density at radius 2 is 1.95 bits per heavy atom. The summed E-state index contributed by atoms with van der Waals surface area (Å²) in [4.78, 5) is 0. The maximum atomic E-state index is 12.2. The van der Waals surface area contributed by atoms with Gasteiger partial charge in [0.15, 0.2) is 0 Å². The molecule has 0 radical (unpaired) electrons. The van der Waals surface area contributed by atoms with Gasteiger partial charge in [-0.3, -0.25) is 4.39 Å². The molecule has 0 saturated carbocycles. The Hall–Kier alpha value is -1.21. The van der Waals surface area contributed by atoms with Crippen molar-refractivity contribution in [1.82, 2.24) is 0 Å². The van der Waals surface area contributed by atoms with Crippen molar-refractivity contribution in [2.24, 2.45) is 5.73 Å². The van der Waals surface area contributed by atoms with Crippen LogP contribution in [0.5, 0.6) is 11.5 Å². The summed E-state index contributed by atoms with van der Waals surface area (Å²) in [5.74, 6) is -0.270. The lowest BCUT2D eigenvalue weighted by Gasteiger charge is -2.16. The average molecular weight is 304 g/mol. The van der Waals surface area contributed by atoms with Gasteiger partial charge < -0.3 is 15.2 Å². The molecule has 0 bridgehead atoms. The van der Waals surface area contributed by atoms with Gasteiger partial charge in [0.2, 0.25) is 0 Å². The molecule has 0 heterocycles. The number of halogens is 5. The topological polar surface area (TPSA) is 44.5 Å². The van der Waals surface area contributed by atoms with Crippen LogP contribution in [-0.4, -0.2) is 20.1 Å². The molecule has 1 aromatic carbocycles. The predicted octanol–water partition coefficient (Wildman–Crippen LogP) is 3.38. The van der Waals surface area contributed by atoms with E-state index >= 15 is 0 Å². The molecule has 0 unspecified atom stereocenters. The molecule has 19 heavy (non-hydrogen) atoms. The smallest absolute Gasteiger partial charge is 0.496 e. The predicted molar refractivity (Wildman–Crippen MR) is 64.4 cm³/mol. The van der Waals surface area contributed by atoms with E-state index in [0.717, 1.165) is 12.1 Å². The molecule has 0 fully saturated rings. The zero-order chi connectivity index (χ0) is 13.8. The highest BCUT2D eigenvalue weighted by Gasteiger charge is 2.31. The van der Waals surface area contributed by atoms with E-state index in [1.54, 1.807) is 0 Å². The Bertz CT molecular complexity index is 401. The van der Waals surface area contributed by atoms with E-state index in [2.05, 4.69) is 4.74 Å². The molecule has 0 aliphatic heterocycles. The first-order valence-corrected chi connectivity index (χ1v) is 5.12. The van der Waals surface area contributed by atoms with Gasteiger partial charge in [-0.15, -0.1) is 25.6 Å². The first kappa shape index (κ1) is 17.8. The third-order valence-electron chi connectivity index (χ3n) is 2.26. The molecule has 0 aromatic heterocycles. The van der Waals surface area contributed by atoms with Crippen LogP contribution in [0.3, 0.4) is 0 Å². The van der Waals surface area contributed by atoms with Gasteiger partial charge in [0, 0.05) is 17.7 Å². The van der Waals surface area contributed by atoms with Gasteiger partial charge in [0.05, 0.1) is 13.8 Å². The first-order valence-electron chi connectivity index (χ1n) is 5.12. The Balaban J connectivity index is 0.00000324. The van der Waals surface area contributed by atoms with Crippen molar-refractivity contribution in [3.05, 3.63) is 23.8 Å². The largest absolute Gasteiger partial charge is 0.573 e. The molecule has 1 aromatic rings. The summed E-state index contributed by atoms with van der Waals surface area (Å²) in [6.45, 7) is -0.620. The van der Waals surface area contributed by atoms with E-state index in [1.165, 1.54) is 13.2 Å².